The predicted octanol–water partition coefficient (Wildman–Crippen LogP) is 7.02. The van der Waals surface area contributed by atoms with Crippen LogP contribution in [0.1, 0.15) is 89.8 Å². The summed E-state index contributed by atoms with van der Waals surface area (Å²) < 4.78 is 2.43. The third-order valence-electron chi connectivity index (χ3n) is 7.27. The molecule has 2 heterocycles. The number of nitrogens with zero attached hydrogens (tertiary/aromatic N) is 4. The summed E-state index contributed by atoms with van der Waals surface area (Å²) in [5, 5.41) is 3.60. The lowest BCUT2D eigenvalue weighted by Gasteiger charge is -2.32. The van der Waals surface area contributed by atoms with Crippen LogP contribution in [0.5, 0.6) is 0 Å². The molecule has 2 aromatic heterocycles. The van der Waals surface area contributed by atoms with Crippen molar-refractivity contribution in [2.45, 2.75) is 92.3 Å². The molecule has 1 aromatic carbocycles. The maximum atomic E-state index is 5.02. The molecule has 36 heavy (non-hydrogen) atoms. The van der Waals surface area contributed by atoms with Gasteiger partial charge in [0.05, 0.1) is 29.3 Å². The van der Waals surface area contributed by atoms with Crippen LogP contribution in [0.2, 0.25) is 0 Å². The maximum absolute atomic E-state index is 5.02. The van der Waals surface area contributed by atoms with Crippen molar-refractivity contribution in [3.05, 3.63) is 59.7 Å². The van der Waals surface area contributed by atoms with E-state index in [-0.39, 0.29) is 0 Å². The average molecular weight is 492 g/mol. The SMILES string of the molecule is CC(C)CCNCCCn1c(CN(C)C2CCCc3cccnc32)nc2ccccc21.CCC(C)C. The summed E-state index contributed by atoms with van der Waals surface area (Å²) in [5.74, 6) is 2.80. The number of fused-ring (bicyclic) bond motifs is 2. The van der Waals surface area contributed by atoms with E-state index in [9.17, 15) is 0 Å². The van der Waals surface area contributed by atoms with Crippen molar-refractivity contribution < 1.29 is 0 Å². The van der Waals surface area contributed by atoms with Crippen LogP contribution in [0.4, 0.5) is 0 Å². The van der Waals surface area contributed by atoms with Gasteiger partial charge in [0.25, 0.3) is 0 Å². The van der Waals surface area contributed by atoms with Gasteiger partial charge in [-0.15, -0.1) is 0 Å². The third kappa shape index (κ3) is 8.14. The molecule has 0 saturated carbocycles. The van der Waals surface area contributed by atoms with Crippen LogP contribution >= 0.6 is 0 Å². The van der Waals surface area contributed by atoms with Crippen LogP contribution in [0.3, 0.4) is 0 Å². The Morgan fingerprint density at radius 3 is 2.58 bits per heavy atom. The molecule has 0 amide bonds. The molecule has 0 aliphatic heterocycles. The summed E-state index contributed by atoms with van der Waals surface area (Å²) in [5.41, 5.74) is 5.01. The minimum Gasteiger partial charge on any atom is -0.327 e. The minimum absolute atomic E-state index is 0.371. The van der Waals surface area contributed by atoms with Crippen LogP contribution in [0.25, 0.3) is 11.0 Å². The normalized spacial score (nSPS) is 15.4. The smallest absolute Gasteiger partial charge is 0.124 e. The Hall–Kier alpha value is -2.24. The summed E-state index contributed by atoms with van der Waals surface area (Å²) in [6.45, 7) is 15.2. The third-order valence-corrected chi connectivity index (χ3v) is 7.27. The number of hydrogen-bond acceptors (Lipinski definition) is 4. The van der Waals surface area contributed by atoms with Gasteiger partial charge < -0.3 is 9.88 Å². The van der Waals surface area contributed by atoms with E-state index in [2.05, 4.69) is 92.8 Å². The molecule has 0 bridgehead atoms. The molecule has 5 nitrogen and oxygen atoms in total. The van der Waals surface area contributed by atoms with Crippen LogP contribution in [-0.2, 0) is 19.5 Å². The van der Waals surface area contributed by atoms with E-state index in [4.69, 9.17) is 9.97 Å². The molecule has 4 rings (SSSR count). The number of nitrogens with one attached hydrogen (secondary N) is 1. The summed E-state index contributed by atoms with van der Waals surface area (Å²) in [7, 11) is 2.23. The molecule has 198 valence electrons. The van der Waals surface area contributed by atoms with E-state index in [1.165, 1.54) is 42.5 Å². The average Bonchev–Trinajstić information content (AvgIpc) is 3.22. The van der Waals surface area contributed by atoms with Crippen LogP contribution < -0.4 is 5.32 Å². The fourth-order valence-electron chi connectivity index (χ4n) is 4.72. The Bertz CT molecular complexity index is 1040. The van der Waals surface area contributed by atoms with E-state index in [0.717, 1.165) is 62.2 Å². The standard InChI is InChI=1S/C26H37N5.C5H12/c1-20(2)14-17-27-15-8-18-31-23-12-5-4-11-22(23)29-25(31)19-30(3)24-13-6-9-21-10-7-16-28-26(21)24;1-4-5(2)3/h4-5,7,10-12,16,20,24,27H,6,8-9,13-15,17-19H2,1-3H3;5H,4H2,1-3H3. The van der Waals surface area contributed by atoms with Gasteiger partial charge in [-0.2, -0.15) is 0 Å². The summed E-state index contributed by atoms with van der Waals surface area (Å²) in [6, 6.07) is 13.2. The Balaban J connectivity index is 0.000000658. The molecule has 1 unspecified atom stereocenters. The van der Waals surface area contributed by atoms with Crippen molar-refractivity contribution in [1.82, 2.24) is 24.8 Å². The molecule has 1 atom stereocenters. The molecule has 1 aliphatic rings. The van der Waals surface area contributed by atoms with E-state index in [1.54, 1.807) is 0 Å². The highest BCUT2D eigenvalue weighted by Crippen LogP contribution is 2.33. The first-order valence-electron chi connectivity index (χ1n) is 14.2. The van der Waals surface area contributed by atoms with Crippen molar-refractivity contribution >= 4 is 11.0 Å². The zero-order chi connectivity index (χ0) is 25.9. The Labute approximate surface area is 219 Å². The van der Waals surface area contributed by atoms with Gasteiger partial charge in [-0.3, -0.25) is 9.88 Å². The predicted molar refractivity (Wildman–Crippen MR) is 153 cm³/mol. The molecule has 5 heteroatoms. The molecule has 1 N–H and O–H groups in total. The van der Waals surface area contributed by atoms with Crippen molar-refractivity contribution in [2.75, 3.05) is 20.1 Å². The van der Waals surface area contributed by atoms with Gasteiger partial charge in [-0.25, -0.2) is 4.98 Å². The van der Waals surface area contributed by atoms with Gasteiger partial charge in [-0.05, 0) is 87.8 Å². The Morgan fingerprint density at radius 2 is 1.83 bits per heavy atom. The van der Waals surface area contributed by atoms with Gasteiger partial charge >= 0.3 is 0 Å². The Morgan fingerprint density at radius 1 is 1.06 bits per heavy atom. The van der Waals surface area contributed by atoms with Gasteiger partial charge in [0, 0.05) is 12.7 Å². The number of aryl methyl sites for hydroxylation is 2. The summed E-state index contributed by atoms with van der Waals surface area (Å²) >= 11 is 0. The zero-order valence-electron chi connectivity index (χ0n) is 23.6. The second kappa shape index (κ2) is 14.5. The number of pyridine rings is 1. The van der Waals surface area contributed by atoms with Crippen molar-refractivity contribution in [3.63, 3.8) is 0 Å². The quantitative estimate of drug-likeness (QED) is 0.293. The van der Waals surface area contributed by atoms with E-state index >= 15 is 0 Å². The number of benzene rings is 1. The lowest BCUT2D eigenvalue weighted by Crippen LogP contribution is -2.29. The lowest BCUT2D eigenvalue weighted by atomic mass is 9.91. The lowest BCUT2D eigenvalue weighted by molar-refractivity contribution is 0.201. The summed E-state index contributed by atoms with van der Waals surface area (Å²) in [6.07, 6.45) is 9.14. The van der Waals surface area contributed by atoms with Crippen LogP contribution in [-0.4, -0.2) is 39.6 Å². The first kappa shape index (κ1) is 28.3. The van der Waals surface area contributed by atoms with Crippen molar-refractivity contribution in [3.8, 4) is 0 Å². The molecule has 1 aliphatic carbocycles. The highest BCUT2D eigenvalue weighted by Gasteiger charge is 2.26. The molecule has 0 radical (unpaired) electrons. The van der Waals surface area contributed by atoms with Crippen LogP contribution in [0, 0.1) is 11.8 Å². The first-order chi connectivity index (χ1) is 17.4. The van der Waals surface area contributed by atoms with Crippen LogP contribution in [0.15, 0.2) is 42.6 Å². The fourth-order valence-corrected chi connectivity index (χ4v) is 4.72. The minimum atomic E-state index is 0.371. The second-order valence-electron chi connectivity index (χ2n) is 11.1. The molecule has 0 saturated heterocycles. The van der Waals surface area contributed by atoms with Crippen molar-refractivity contribution in [2.24, 2.45) is 11.8 Å². The largest absolute Gasteiger partial charge is 0.327 e. The van der Waals surface area contributed by atoms with Crippen molar-refractivity contribution in [1.29, 1.82) is 0 Å². The molecule has 0 fully saturated rings. The monoisotopic (exact) mass is 491 g/mol. The zero-order valence-corrected chi connectivity index (χ0v) is 23.6. The first-order valence-corrected chi connectivity index (χ1v) is 14.2. The number of hydrogen-bond donors (Lipinski definition) is 1. The highest BCUT2D eigenvalue weighted by molar-refractivity contribution is 5.75. The molecule has 0 spiro atoms. The van der Waals surface area contributed by atoms with E-state index in [1.807, 2.05) is 6.20 Å². The topological polar surface area (TPSA) is 46.0 Å². The van der Waals surface area contributed by atoms with Gasteiger partial charge in [0.15, 0.2) is 0 Å². The number of rotatable bonds is 11. The number of para-hydroxylation sites is 2. The number of imidazole rings is 1. The van der Waals surface area contributed by atoms with Gasteiger partial charge in [-0.1, -0.05) is 59.2 Å². The van der Waals surface area contributed by atoms with Gasteiger partial charge in [0.1, 0.15) is 5.82 Å². The second-order valence-corrected chi connectivity index (χ2v) is 11.1. The summed E-state index contributed by atoms with van der Waals surface area (Å²) in [4.78, 5) is 12.2. The maximum Gasteiger partial charge on any atom is 0.124 e. The van der Waals surface area contributed by atoms with E-state index < -0.39 is 0 Å². The highest BCUT2D eigenvalue weighted by atomic mass is 15.2. The fraction of sp³-hybridized carbons (Fsp3) is 0.613. The molecule has 3 aromatic rings. The number of aromatic nitrogens is 3. The van der Waals surface area contributed by atoms with Gasteiger partial charge in [0.2, 0.25) is 0 Å². The molecular formula is C31H49N5. The Kier molecular flexibility index (Phi) is 11.4. The molecular weight excluding hydrogens is 442 g/mol. The van der Waals surface area contributed by atoms with E-state index in [0.29, 0.717) is 6.04 Å².